The van der Waals surface area contributed by atoms with Gasteiger partial charge >= 0.3 is 0 Å². The van der Waals surface area contributed by atoms with Gasteiger partial charge in [-0.05, 0) is 24.6 Å². The Kier molecular flexibility index (Phi) is 4.29. The molecule has 0 aliphatic carbocycles. The van der Waals surface area contributed by atoms with Crippen LogP contribution in [-0.4, -0.2) is 26.5 Å². The van der Waals surface area contributed by atoms with Gasteiger partial charge in [0.1, 0.15) is 5.82 Å². The molecule has 0 bridgehead atoms. The van der Waals surface area contributed by atoms with Gasteiger partial charge in [0, 0.05) is 12.3 Å². The summed E-state index contributed by atoms with van der Waals surface area (Å²) < 4.78 is 35.7. The van der Waals surface area contributed by atoms with Gasteiger partial charge in [-0.3, -0.25) is 0 Å². The van der Waals surface area contributed by atoms with Crippen molar-refractivity contribution in [3.8, 4) is 0 Å². The number of aryl methyl sites for hydroxylation is 1. The topological polar surface area (TPSA) is 46.2 Å². The first-order chi connectivity index (χ1) is 7.44. The van der Waals surface area contributed by atoms with Gasteiger partial charge in [0.15, 0.2) is 9.84 Å². The molecule has 0 saturated heterocycles. The second-order valence-electron chi connectivity index (χ2n) is 3.65. The highest BCUT2D eigenvalue weighted by Crippen LogP contribution is 2.14. The monoisotopic (exact) mass is 245 g/mol. The maximum absolute atomic E-state index is 13.3. The summed E-state index contributed by atoms with van der Waals surface area (Å²) in [4.78, 5) is 0. The standard InChI is InChI=1S/C11H16FNO2S/c1-3-16(14,15)7-6-13-11-5-4-9(2)8-10(11)12/h4-5,8,13H,3,6-7H2,1-2H3. The van der Waals surface area contributed by atoms with E-state index in [4.69, 9.17) is 0 Å². The molecule has 0 saturated carbocycles. The first-order valence-electron chi connectivity index (χ1n) is 5.15. The van der Waals surface area contributed by atoms with Crippen molar-refractivity contribution in [2.75, 3.05) is 23.4 Å². The van der Waals surface area contributed by atoms with E-state index in [2.05, 4.69) is 5.32 Å². The molecule has 1 rings (SSSR count). The van der Waals surface area contributed by atoms with Crippen LogP contribution >= 0.6 is 0 Å². The first-order valence-corrected chi connectivity index (χ1v) is 6.97. The fourth-order valence-corrected chi connectivity index (χ4v) is 1.95. The Bertz CT molecular complexity index is 457. The van der Waals surface area contributed by atoms with Gasteiger partial charge < -0.3 is 5.32 Å². The summed E-state index contributed by atoms with van der Waals surface area (Å²) in [5, 5.41) is 2.78. The van der Waals surface area contributed by atoms with E-state index in [9.17, 15) is 12.8 Å². The number of hydrogen-bond donors (Lipinski definition) is 1. The summed E-state index contributed by atoms with van der Waals surface area (Å²) in [6.07, 6.45) is 0. The summed E-state index contributed by atoms with van der Waals surface area (Å²) in [5.41, 5.74) is 1.18. The van der Waals surface area contributed by atoms with E-state index in [1.54, 1.807) is 26.0 Å². The quantitative estimate of drug-likeness (QED) is 0.862. The zero-order valence-corrected chi connectivity index (χ0v) is 10.3. The maximum atomic E-state index is 13.3. The van der Waals surface area contributed by atoms with Gasteiger partial charge in [0.05, 0.1) is 11.4 Å². The third kappa shape index (κ3) is 3.81. The minimum atomic E-state index is -3.00. The van der Waals surface area contributed by atoms with Crippen LogP contribution in [0.3, 0.4) is 0 Å². The van der Waals surface area contributed by atoms with E-state index in [0.717, 1.165) is 5.56 Å². The van der Waals surface area contributed by atoms with Crippen molar-refractivity contribution >= 4 is 15.5 Å². The molecule has 1 aromatic rings. The predicted molar refractivity (Wildman–Crippen MR) is 64.0 cm³/mol. The summed E-state index contributed by atoms with van der Waals surface area (Å²) >= 11 is 0. The van der Waals surface area contributed by atoms with E-state index in [1.807, 2.05) is 0 Å². The normalized spacial score (nSPS) is 11.4. The summed E-state index contributed by atoms with van der Waals surface area (Å²) in [5.74, 6) is -0.212. The maximum Gasteiger partial charge on any atom is 0.151 e. The van der Waals surface area contributed by atoms with Crippen molar-refractivity contribution in [1.29, 1.82) is 0 Å². The summed E-state index contributed by atoms with van der Waals surface area (Å²) in [7, 11) is -3.00. The molecule has 1 aromatic carbocycles. The molecule has 0 fully saturated rings. The number of sulfone groups is 1. The molecule has 0 spiro atoms. The molecule has 1 N–H and O–H groups in total. The second-order valence-corrected chi connectivity index (χ2v) is 6.12. The Labute approximate surface area is 95.6 Å². The van der Waals surface area contributed by atoms with Crippen molar-refractivity contribution in [3.63, 3.8) is 0 Å². The highest BCUT2D eigenvalue weighted by molar-refractivity contribution is 7.91. The average molecular weight is 245 g/mol. The Morgan fingerprint density at radius 3 is 2.62 bits per heavy atom. The lowest BCUT2D eigenvalue weighted by atomic mass is 10.2. The van der Waals surface area contributed by atoms with Gasteiger partial charge in [-0.25, -0.2) is 12.8 Å². The van der Waals surface area contributed by atoms with E-state index >= 15 is 0 Å². The molecule has 0 unspecified atom stereocenters. The molecule has 0 atom stereocenters. The fourth-order valence-electron chi connectivity index (χ4n) is 1.25. The van der Waals surface area contributed by atoms with Crippen molar-refractivity contribution in [2.24, 2.45) is 0 Å². The Hall–Kier alpha value is -1.10. The molecule has 0 aromatic heterocycles. The van der Waals surface area contributed by atoms with E-state index in [-0.39, 0.29) is 23.9 Å². The number of hydrogen-bond acceptors (Lipinski definition) is 3. The first kappa shape index (κ1) is 13.0. The van der Waals surface area contributed by atoms with Crippen LogP contribution in [0.2, 0.25) is 0 Å². The van der Waals surface area contributed by atoms with Gasteiger partial charge in [-0.2, -0.15) is 0 Å². The van der Waals surface area contributed by atoms with Gasteiger partial charge in [0.2, 0.25) is 0 Å². The lowest BCUT2D eigenvalue weighted by Gasteiger charge is -2.07. The van der Waals surface area contributed by atoms with Crippen LogP contribution in [-0.2, 0) is 9.84 Å². The van der Waals surface area contributed by atoms with Crippen LogP contribution in [0.15, 0.2) is 18.2 Å². The molecular weight excluding hydrogens is 229 g/mol. The number of benzene rings is 1. The molecule has 0 radical (unpaired) electrons. The summed E-state index contributed by atoms with van der Waals surface area (Å²) in [6, 6.07) is 4.81. The molecule has 3 nitrogen and oxygen atoms in total. The van der Waals surface area contributed by atoms with E-state index in [0.29, 0.717) is 5.69 Å². The Morgan fingerprint density at radius 1 is 1.38 bits per heavy atom. The molecule has 0 aliphatic rings. The number of anilines is 1. The molecule has 5 heteroatoms. The van der Waals surface area contributed by atoms with Crippen molar-refractivity contribution in [2.45, 2.75) is 13.8 Å². The largest absolute Gasteiger partial charge is 0.382 e. The third-order valence-corrected chi connectivity index (χ3v) is 4.00. The smallest absolute Gasteiger partial charge is 0.151 e. The van der Waals surface area contributed by atoms with Crippen molar-refractivity contribution in [1.82, 2.24) is 0 Å². The van der Waals surface area contributed by atoms with Crippen molar-refractivity contribution < 1.29 is 12.8 Å². The van der Waals surface area contributed by atoms with Gasteiger partial charge in [-0.1, -0.05) is 13.0 Å². The molecular formula is C11H16FNO2S. The van der Waals surface area contributed by atoms with Crippen LogP contribution in [0.4, 0.5) is 10.1 Å². The van der Waals surface area contributed by atoms with Crippen LogP contribution < -0.4 is 5.32 Å². The molecule has 0 amide bonds. The lowest BCUT2D eigenvalue weighted by Crippen LogP contribution is -2.17. The Morgan fingerprint density at radius 2 is 2.06 bits per heavy atom. The Balaban J connectivity index is 2.56. The predicted octanol–water partition coefficient (Wildman–Crippen LogP) is 1.98. The van der Waals surface area contributed by atoms with Crippen LogP contribution in [0.1, 0.15) is 12.5 Å². The lowest BCUT2D eigenvalue weighted by molar-refractivity contribution is 0.597. The molecule has 90 valence electrons. The SMILES string of the molecule is CCS(=O)(=O)CCNc1ccc(C)cc1F. The second kappa shape index (κ2) is 5.30. The van der Waals surface area contributed by atoms with Gasteiger partial charge in [0.25, 0.3) is 0 Å². The van der Waals surface area contributed by atoms with E-state index < -0.39 is 9.84 Å². The molecule has 16 heavy (non-hydrogen) atoms. The third-order valence-electron chi connectivity index (χ3n) is 2.29. The average Bonchev–Trinajstić information content (AvgIpc) is 2.21. The van der Waals surface area contributed by atoms with Crippen LogP contribution in [0, 0.1) is 12.7 Å². The van der Waals surface area contributed by atoms with E-state index in [1.165, 1.54) is 6.07 Å². The minimum absolute atomic E-state index is 0.0246. The zero-order valence-electron chi connectivity index (χ0n) is 9.46. The minimum Gasteiger partial charge on any atom is -0.382 e. The number of rotatable bonds is 5. The van der Waals surface area contributed by atoms with Crippen LogP contribution in [0.25, 0.3) is 0 Å². The highest BCUT2D eigenvalue weighted by Gasteiger charge is 2.07. The molecule has 0 aliphatic heterocycles. The number of nitrogens with one attached hydrogen (secondary N) is 1. The van der Waals surface area contributed by atoms with Gasteiger partial charge in [-0.15, -0.1) is 0 Å². The fraction of sp³-hybridized carbons (Fsp3) is 0.455. The van der Waals surface area contributed by atoms with Crippen LogP contribution in [0.5, 0.6) is 0 Å². The molecule has 0 heterocycles. The highest BCUT2D eigenvalue weighted by atomic mass is 32.2. The number of halogens is 1. The zero-order chi connectivity index (χ0) is 12.2. The van der Waals surface area contributed by atoms with Crippen molar-refractivity contribution in [3.05, 3.63) is 29.6 Å². The summed E-state index contributed by atoms with van der Waals surface area (Å²) in [6.45, 7) is 3.63.